The van der Waals surface area contributed by atoms with Crippen molar-refractivity contribution in [1.82, 2.24) is 0 Å². The first kappa shape index (κ1) is 13.2. The minimum atomic E-state index is -0.763. The van der Waals surface area contributed by atoms with Crippen LogP contribution in [0.1, 0.15) is 38.8 Å². The third-order valence-corrected chi connectivity index (χ3v) is 2.79. The zero-order valence-electron chi connectivity index (χ0n) is 11.0. The van der Waals surface area contributed by atoms with Crippen molar-refractivity contribution in [3.8, 4) is 0 Å². The van der Waals surface area contributed by atoms with Crippen molar-refractivity contribution >= 4 is 0 Å². The van der Waals surface area contributed by atoms with Crippen molar-refractivity contribution in [1.29, 1.82) is 0 Å². The molecule has 1 aromatic rings. The number of rotatable bonds is 3. The van der Waals surface area contributed by atoms with E-state index in [0.717, 1.165) is 5.56 Å². The Morgan fingerprint density at radius 1 is 1.06 bits per heavy atom. The van der Waals surface area contributed by atoms with Gasteiger partial charge in [-0.3, -0.25) is 0 Å². The summed E-state index contributed by atoms with van der Waals surface area (Å²) in [5.41, 5.74) is 1.59. The number of benzene rings is 1. The molecule has 0 saturated carbocycles. The maximum absolute atomic E-state index is 10.4. The summed E-state index contributed by atoms with van der Waals surface area (Å²) in [4.78, 5) is 0. The number of hydrogen-bond acceptors (Lipinski definition) is 1. The number of aryl methyl sites for hydroxylation is 1. The lowest BCUT2D eigenvalue weighted by atomic mass is 9.94. The van der Waals surface area contributed by atoms with E-state index in [1.165, 1.54) is 5.56 Å². The van der Waals surface area contributed by atoms with Crippen LogP contribution in [0.3, 0.4) is 0 Å². The van der Waals surface area contributed by atoms with Crippen LogP contribution < -0.4 is 5.32 Å². The highest BCUT2D eigenvalue weighted by molar-refractivity contribution is 5.25. The van der Waals surface area contributed by atoms with E-state index in [4.69, 9.17) is 0 Å². The Morgan fingerprint density at radius 3 is 2.00 bits per heavy atom. The second-order valence-electron chi connectivity index (χ2n) is 5.91. The molecule has 3 N–H and O–H groups in total. The third kappa shape index (κ3) is 3.95. The molecule has 0 saturated heterocycles. The van der Waals surface area contributed by atoms with Gasteiger partial charge < -0.3 is 10.4 Å². The first-order chi connectivity index (χ1) is 7.21. The quantitative estimate of drug-likeness (QED) is 0.800. The van der Waals surface area contributed by atoms with Gasteiger partial charge in [0.1, 0.15) is 12.1 Å². The van der Waals surface area contributed by atoms with Crippen molar-refractivity contribution in [3.63, 3.8) is 0 Å². The summed E-state index contributed by atoms with van der Waals surface area (Å²) in [6.07, 6.45) is 0. The molecular formula is C14H24NO+. The van der Waals surface area contributed by atoms with E-state index in [2.05, 4.69) is 33.0 Å². The van der Waals surface area contributed by atoms with Crippen LogP contribution in [0.15, 0.2) is 24.3 Å². The average Bonchev–Trinajstić information content (AvgIpc) is 2.15. The van der Waals surface area contributed by atoms with Crippen molar-refractivity contribution in [3.05, 3.63) is 35.4 Å². The second kappa shape index (κ2) is 4.56. The van der Waals surface area contributed by atoms with Gasteiger partial charge in [-0.25, -0.2) is 0 Å². The molecule has 0 amide bonds. The fraction of sp³-hybridized carbons (Fsp3) is 0.571. The van der Waals surface area contributed by atoms with E-state index in [0.29, 0.717) is 6.54 Å². The molecule has 0 aromatic heterocycles. The Labute approximate surface area is 98.7 Å². The third-order valence-electron chi connectivity index (χ3n) is 2.79. The number of nitrogens with two attached hydrogens (primary N) is 1. The molecule has 90 valence electrons. The maximum atomic E-state index is 10.4. The van der Waals surface area contributed by atoms with Gasteiger partial charge >= 0.3 is 0 Å². The Bertz CT molecular complexity index is 333. The largest absolute Gasteiger partial charge is 0.380 e. The molecule has 0 bridgehead atoms. The summed E-state index contributed by atoms with van der Waals surface area (Å²) in [6.45, 7) is 11.1. The molecule has 1 aromatic carbocycles. The van der Waals surface area contributed by atoms with Crippen LogP contribution in [0.25, 0.3) is 0 Å². The number of hydrogen-bond donors (Lipinski definition) is 2. The molecule has 0 aliphatic heterocycles. The fourth-order valence-electron chi connectivity index (χ4n) is 1.54. The van der Waals surface area contributed by atoms with Crippen LogP contribution in [-0.4, -0.2) is 17.2 Å². The summed E-state index contributed by atoms with van der Waals surface area (Å²) in [7, 11) is 0. The summed E-state index contributed by atoms with van der Waals surface area (Å²) < 4.78 is 0. The van der Waals surface area contributed by atoms with Crippen molar-refractivity contribution < 1.29 is 10.4 Å². The highest BCUT2D eigenvalue weighted by Gasteiger charge is 2.27. The minimum absolute atomic E-state index is 0.148. The highest BCUT2D eigenvalue weighted by Crippen LogP contribution is 2.19. The summed E-state index contributed by atoms with van der Waals surface area (Å²) in [5.74, 6) is 0. The van der Waals surface area contributed by atoms with Crippen LogP contribution in [0.2, 0.25) is 0 Å². The molecule has 1 rings (SSSR count). The van der Waals surface area contributed by atoms with Crippen molar-refractivity contribution in [2.45, 2.75) is 45.8 Å². The molecule has 0 radical (unpaired) electrons. The van der Waals surface area contributed by atoms with Gasteiger partial charge in [0.25, 0.3) is 0 Å². The van der Waals surface area contributed by atoms with Gasteiger partial charge in [-0.1, -0.05) is 29.8 Å². The zero-order chi connectivity index (χ0) is 12.4. The summed E-state index contributed by atoms with van der Waals surface area (Å²) >= 11 is 0. The molecule has 0 heterocycles. The van der Waals surface area contributed by atoms with Gasteiger partial charge in [-0.05, 0) is 40.2 Å². The maximum Gasteiger partial charge on any atom is 0.135 e. The van der Waals surface area contributed by atoms with Crippen molar-refractivity contribution in [2.24, 2.45) is 0 Å². The lowest BCUT2D eigenvalue weighted by molar-refractivity contribution is -0.727. The molecule has 0 fully saturated rings. The first-order valence-electron chi connectivity index (χ1n) is 5.85. The number of quaternary nitrogens is 1. The van der Waals surface area contributed by atoms with E-state index in [1.807, 2.05) is 31.2 Å². The summed E-state index contributed by atoms with van der Waals surface area (Å²) in [6, 6.07) is 8.10. The highest BCUT2D eigenvalue weighted by atomic mass is 16.3. The number of aliphatic hydroxyl groups is 1. The van der Waals surface area contributed by atoms with Crippen LogP contribution in [0.4, 0.5) is 0 Å². The molecule has 2 nitrogen and oxygen atoms in total. The fourth-order valence-corrected chi connectivity index (χ4v) is 1.54. The lowest BCUT2D eigenvalue weighted by Gasteiger charge is -2.26. The lowest BCUT2D eigenvalue weighted by Crippen LogP contribution is -2.96. The Morgan fingerprint density at radius 2 is 1.56 bits per heavy atom. The van der Waals surface area contributed by atoms with E-state index >= 15 is 0 Å². The first-order valence-corrected chi connectivity index (χ1v) is 5.85. The topological polar surface area (TPSA) is 36.8 Å². The molecule has 1 atom stereocenters. The standard InChI is InChI=1S/C14H23NO/c1-11-6-8-12(9-7-11)14(5,16)10-15-13(2,3)4/h6-9,15-16H,10H2,1-5H3/p+1/t14-/m1/s1. The molecular weight excluding hydrogens is 198 g/mol. The van der Waals surface area contributed by atoms with E-state index in [9.17, 15) is 5.11 Å². The zero-order valence-corrected chi connectivity index (χ0v) is 11.0. The van der Waals surface area contributed by atoms with Gasteiger partial charge in [0.15, 0.2) is 0 Å². The molecule has 16 heavy (non-hydrogen) atoms. The smallest absolute Gasteiger partial charge is 0.135 e. The molecule has 0 aliphatic carbocycles. The van der Waals surface area contributed by atoms with Gasteiger partial charge in [0.05, 0.1) is 5.54 Å². The molecule has 0 unspecified atom stereocenters. The SMILES string of the molecule is Cc1ccc([C@](C)(O)C[NH2+]C(C)(C)C)cc1. The Hall–Kier alpha value is -0.860. The Balaban J connectivity index is 2.73. The molecule has 0 spiro atoms. The predicted octanol–water partition coefficient (Wildman–Crippen LogP) is 1.56. The van der Waals surface area contributed by atoms with Crippen LogP contribution in [-0.2, 0) is 5.60 Å². The van der Waals surface area contributed by atoms with Gasteiger partial charge in [-0.2, -0.15) is 0 Å². The molecule has 2 heteroatoms. The molecule has 0 aliphatic rings. The van der Waals surface area contributed by atoms with E-state index < -0.39 is 5.60 Å². The van der Waals surface area contributed by atoms with Crippen LogP contribution in [0, 0.1) is 6.92 Å². The van der Waals surface area contributed by atoms with E-state index in [-0.39, 0.29) is 5.54 Å². The van der Waals surface area contributed by atoms with Crippen LogP contribution in [0.5, 0.6) is 0 Å². The monoisotopic (exact) mass is 222 g/mol. The normalized spacial score (nSPS) is 15.9. The van der Waals surface area contributed by atoms with Gasteiger partial charge in [0.2, 0.25) is 0 Å². The second-order valence-corrected chi connectivity index (χ2v) is 5.91. The van der Waals surface area contributed by atoms with Crippen LogP contribution >= 0.6 is 0 Å². The predicted molar refractivity (Wildman–Crippen MR) is 67.3 cm³/mol. The van der Waals surface area contributed by atoms with Gasteiger partial charge in [-0.15, -0.1) is 0 Å². The summed E-state index contributed by atoms with van der Waals surface area (Å²) in [5, 5.41) is 12.6. The van der Waals surface area contributed by atoms with Crippen molar-refractivity contribution in [2.75, 3.05) is 6.54 Å². The minimum Gasteiger partial charge on any atom is -0.380 e. The van der Waals surface area contributed by atoms with E-state index in [1.54, 1.807) is 0 Å². The average molecular weight is 222 g/mol. The Kier molecular flexibility index (Phi) is 3.76. The van der Waals surface area contributed by atoms with Gasteiger partial charge in [0, 0.05) is 0 Å².